The van der Waals surface area contributed by atoms with Crippen LogP contribution in [0.5, 0.6) is 0 Å². The highest BCUT2D eigenvalue weighted by atomic mass is 32.2. The lowest BCUT2D eigenvalue weighted by Gasteiger charge is -2.07. The molecule has 2 aromatic carbocycles. The number of para-hydroxylation sites is 1. The first kappa shape index (κ1) is 18.1. The Morgan fingerprint density at radius 2 is 1.79 bits per heavy atom. The number of ether oxygens (including phenoxy) is 1. The zero-order valence-corrected chi connectivity index (χ0v) is 16.6. The molecule has 0 bridgehead atoms. The molecule has 1 aliphatic heterocycles. The van der Waals surface area contributed by atoms with Crippen LogP contribution >= 0.6 is 11.8 Å². The summed E-state index contributed by atoms with van der Waals surface area (Å²) < 4.78 is 5.99. The summed E-state index contributed by atoms with van der Waals surface area (Å²) in [6.45, 7) is 5.80. The maximum atomic E-state index is 13.2. The van der Waals surface area contributed by atoms with Crippen molar-refractivity contribution in [3.8, 4) is 6.07 Å². The molecule has 0 saturated carbocycles. The Balaban J connectivity index is 1.74. The highest BCUT2D eigenvalue weighted by Crippen LogP contribution is 2.44. The normalized spacial score (nSPS) is 15.5. The van der Waals surface area contributed by atoms with E-state index in [9.17, 15) is 10.1 Å². The van der Waals surface area contributed by atoms with E-state index in [1.54, 1.807) is 0 Å². The van der Waals surface area contributed by atoms with Gasteiger partial charge in [0.05, 0.1) is 5.56 Å². The molecule has 0 fully saturated rings. The van der Waals surface area contributed by atoms with Gasteiger partial charge in [0.15, 0.2) is 5.09 Å². The van der Waals surface area contributed by atoms with Crippen molar-refractivity contribution in [2.24, 2.45) is 0 Å². The van der Waals surface area contributed by atoms with E-state index in [1.165, 1.54) is 11.8 Å². The zero-order chi connectivity index (χ0) is 19.8. The second-order valence-corrected chi connectivity index (χ2v) is 7.92. The van der Waals surface area contributed by atoms with Crippen LogP contribution in [0.3, 0.4) is 0 Å². The smallest absolute Gasteiger partial charge is 0.210 e. The van der Waals surface area contributed by atoms with Crippen LogP contribution in [0.15, 0.2) is 64.1 Å². The molecular formula is C23H18N2O2S. The van der Waals surface area contributed by atoms with Gasteiger partial charge in [0.1, 0.15) is 17.4 Å². The van der Waals surface area contributed by atoms with Crippen LogP contribution in [-0.2, 0) is 4.74 Å². The number of allylic oxidation sites excluding steroid dienone is 2. The number of aromatic amines is 1. The number of benzene rings is 2. The molecule has 3 aromatic rings. The number of nitrogens with one attached hydrogen (secondary N) is 1. The van der Waals surface area contributed by atoms with Gasteiger partial charge in [-0.2, -0.15) is 5.26 Å². The van der Waals surface area contributed by atoms with E-state index in [4.69, 9.17) is 4.74 Å². The lowest BCUT2D eigenvalue weighted by atomic mass is 10.0. The molecule has 0 aliphatic carbocycles. The third kappa shape index (κ3) is 3.02. The van der Waals surface area contributed by atoms with Gasteiger partial charge in [0.2, 0.25) is 5.78 Å². The predicted octanol–water partition coefficient (Wildman–Crippen LogP) is 5.85. The summed E-state index contributed by atoms with van der Waals surface area (Å²) in [4.78, 5) is 17.4. The van der Waals surface area contributed by atoms with Crippen LogP contribution in [-0.4, -0.2) is 10.8 Å². The minimum Gasteiger partial charge on any atom is -0.447 e. The molecule has 4 nitrogen and oxygen atoms in total. The van der Waals surface area contributed by atoms with Gasteiger partial charge >= 0.3 is 0 Å². The van der Waals surface area contributed by atoms with E-state index in [0.29, 0.717) is 16.4 Å². The van der Waals surface area contributed by atoms with Crippen molar-refractivity contribution in [1.29, 1.82) is 5.26 Å². The Morgan fingerprint density at radius 3 is 2.50 bits per heavy atom. The number of Topliss-reactive ketones (excluding diaryl/α,β-unsaturated/α-hetero) is 1. The number of nitriles is 1. The molecule has 0 radical (unpaired) electrons. The molecule has 0 unspecified atom stereocenters. The average molecular weight is 386 g/mol. The maximum Gasteiger partial charge on any atom is 0.210 e. The van der Waals surface area contributed by atoms with Crippen molar-refractivity contribution in [2.75, 3.05) is 0 Å². The van der Waals surface area contributed by atoms with Crippen molar-refractivity contribution in [3.63, 3.8) is 0 Å². The van der Waals surface area contributed by atoms with Crippen molar-refractivity contribution in [1.82, 2.24) is 4.98 Å². The highest BCUT2D eigenvalue weighted by Gasteiger charge is 2.29. The number of aryl methyl sites for hydroxylation is 2. The van der Waals surface area contributed by atoms with Crippen LogP contribution in [0.4, 0.5) is 0 Å². The van der Waals surface area contributed by atoms with Crippen LogP contribution in [0, 0.1) is 25.2 Å². The molecule has 0 spiro atoms. The maximum absolute atomic E-state index is 13.2. The van der Waals surface area contributed by atoms with Crippen molar-refractivity contribution in [2.45, 2.75) is 20.8 Å². The molecule has 4 rings (SSSR count). The third-order valence-corrected chi connectivity index (χ3v) is 5.70. The van der Waals surface area contributed by atoms with Crippen LogP contribution in [0.25, 0.3) is 16.7 Å². The first-order valence-corrected chi connectivity index (χ1v) is 9.71. The van der Waals surface area contributed by atoms with Crippen LogP contribution < -0.4 is 0 Å². The number of thioether (sulfide) groups is 1. The largest absolute Gasteiger partial charge is 0.447 e. The first-order chi connectivity index (χ1) is 13.5. The molecule has 1 N–H and O–H groups in total. The van der Waals surface area contributed by atoms with E-state index < -0.39 is 0 Å². The monoisotopic (exact) mass is 386 g/mol. The predicted molar refractivity (Wildman–Crippen MR) is 112 cm³/mol. The Labute approximate surface area is 167 Å². The number of hydrogen-bond donors (Lipinski definition) is 1. The Bertz CT molecular complexity index is 1210. The van der Waals surface area contributed by atoms with Crippen LogP contribution in [0.2, 0.25) is 0 Å². The molecule has 138 valence electrons. The topological polar surface area (TPSA) is 65.9 Å². The number of aromatic nitrogens is 1. The lowest BCUT2D eigenvalue weighted by Crippen LogP contribution is -2.06. The Morgan fingerprint density at radius 1 is 1.07 bits per heavy atom. The molecule has 0 saturated heterocycles. The summed E-state index contributed by atoms with van der Waals surface area (Å²) in [6.07, 6.45) is 0. The van der Waals surface area contributed by atoms with Crippen molar-refractivity contribution in [3.05, 3.63) is 86.5 Å². The SMILES string of the molecule is CC1=C(c2ccc(C)cc2)O/C(=C(\C#N)C(=O)c2c(C)[nH]c3ccccc23)S1. The fourth-order valence-electron chi connectivity index (χ4n) is 3.32. The first-order valence-electron chi connectivity index (χ1n) is 8.89. The average Bonchev–Trinajstić information content (AvgIpc) is 3.22. The molecular weight excluding hydrogens is 368 g/mol. The number of rotatable bonds is 3. The minimum absolute atomic E-state index is 0.0271. The number of ketones is 1. The molecule has 0 atom stereocenters. The Hall–Kier alpha value is -3.23. The lowest BCUT2D eigenvalue weighted by molar-refractivity contribution is 0.103. The fourth-order valence-corrected chi connectivity index (χ4v) is 4.22. The van der Waals surface area contributed by atoms with E-state index in [1.807, 2.05) is 69.3 Å². The third-order valence-electron chi connectivity index (χ3n) is 4.74. The number of nitrogens with zero attached hydrogens (tertiary/aromatic N) is 1. The Kier molecular flexibility index (Phi) is 4.58. The van der Waals surface area contributed by atoms with Gasteiger partial charge in [-0.15, -0.1) is 0 Å². The summed E-state index contributed by atoms with van der Waals surface area (Å²) in [6, 6.07) is 17.6. The van der Waals surface area contributed by atoms with Gasteiger partial charge in [0.25, 0.3) is 0 Å². The zero-order valence-electron chi connectivity index (χ0n) is 15.8. The molecule has 2 heterocycles. The highest BCUT2D eigenvalue weighted by molar-refractivity contribution is 8.07. The van der Waals surface area contributed by atoms with Gasteiger partial charge in [-0.3, -0.25) is 4.79 Å². The summed E-state index contributed by atoms with van der Waals surface area (Å²) >= 11 is 1.33. The molecule has 1 aromatic heterocycles. The number of H-pyrrole nitrogens is 1. The van der Waals surface area contributed by atoms with Crippen molar-refractivity contribution >= 4 is 34.2 Å². The van der Waals surface area contributed by atoms with E-state index >= 15 is 0 Å². The van der Waals surface area contributed by atoms with Gasteiger partial charge < -0.3 is 9.72 Å². The quantitative estimate of drug-likeness (QED) is 0.348. The summed E-state index contributed by atoms with van der Waals surface area (Å²) in [5, 5.41) is 10.9. The minimum atomic E-state index is -0.321. The second kappa shape index (κ2) is 7.06. The van der Waals surface area contributed by atoms with E-state index in [-0.39, 0.29) is 11.4 Å². The summed E-state index contributed by atoms with van der Waals surface area (Å²) in [5.41, 5.74) is 4.25. The molecule has 28 heavy (non-hydrogen) atoms. The standard InChI is InChI=1S/C23H18N2O2S/c1-13-8-10-16(11-9-13)22-15(3)28-23(27-22)18(12-24)21(26)20-14(2)25-19-7-5-4-6-17(19)20/h4-11,25H,1-3H3/b23-18-. The molecule has 5 heteroatoms. The summed E-state index contributed by atoms with van der Waals surface area (Å²) in [7, 11) is 0. The fraction of sp³-hybridized carbons (Fsp3) is 0.130. The number of carbonyl (C=O) groups excluding carboxylic acids is 1. The molecule has 1 aliphatic rings. The summed E-state index contributed by atoms with van der Waals surface area (Å²) in [5.74, 6) is 0.370. The second-order valence-electron chi connectivity index (χ2n) is 6.73. The number of hydrogen-bond acceptors (Lipinski definition) is 4. The van der Waals surface area contributed by atoms with E-state index in [0.717, 1.165) is 32.6 Å². The van der Waals surface area contributed by atoms with E-state index in [2.05, 4.69) is 11.1 Å². The van der Waals surface area contributed by atoms with Gasteiger partial charge in [0, 0.05) is 27.1 Å². The molecule has 0 amide bonds. The number of carbonyl (C=O) groups is 1. The van der Waals surface area contributed by atoms with Crippen molar-refractivity contribution < 1.29 is 9.53 Å². The van der Waals surface area contributed by atoms with Gasteiger partial charge in [-0.25, -0.2) is 0 Å². The van der Waals surface area contributed by atoms with Crippen LogP contribution in [0.1, 0.15) is 34.1 Å². The van der Waals surface area contributed by atoms with Gasteiger partial charge in [-0.05, 0) is 26.8 Å². The van der Waals surface area contributed by atoms with Gasteiger partial charge in [-0.1, -0.05) is 59.8 Å². The number of fused-ring (bicyclic) bond motifs is 1.